The number of halogens is 3. The van der Waals surface area contributed by atoms with Crippen molar-refractivity contribution in [1.82, 2.24) is 0 Å². The van der Waals surface area contributed by atoms with E-state index in [4.69, 9.17) is 35.1 Å². The first-order valence-corrected chi connectivity index (χ1v) is 2.55. The lowest BCUT2D eigenvalue weighted by atomic mass is 10.7. The summed E-state index contributed by atoms with van der Waals surface area (Å²) in [6.45, 7) is 1.58. The van der Waals surface area contributed by atoms with Crippen molar-refractivity contribution >= 4 is 35.1 Å². The molecule has 0 saturated carbocycles. The first-order valence-electron chi connectivity index (χ1n) is 1.49. The second kappa shape index (κ2) is 3.42. The van der Waals surface area contributed by atoms with Crippen LogP contribution < -0.4 is 0 Å². The van der Waals surface area contributed by atoms with E-state index in [1.165, 1.54) is 0 Å². The molecule has 0 fully saturated rings. The van der Waals surface area contributed by atoms with Crippen molar-refractivity contribution < 1.29 is 4.29 Å². The van der Waals surface area contributed by atoms with Gasteiger partial charge in [-0.1, -0.05) is 11.6 Å². The molecule has 0 aromatic carbocycles. The minimum Gasteiger partial charge on any atom is -0.372 e. The molecular formula is C3H3Cl3O. The van der Waals surface area contributed by atoms with Gasteiger partial charge in [0.25, 0.3) is 0 Å². The fraction of sp³-hybridized carbons (Fsp3) is 0.333. The zero-order valence-corrected chi connectivity index (χ0v) is 5.81. The summed E-state index contributed by atoms with van der Waals surface area (Å²) in [5.74, 6) is 0. The van der Waals surface area contributed by atoms with E-state index < -0.39 is 0 Å². The first-order chi connectivity index (χ1) is 3.18. The highest BCUT2D eigenvalue weighted by Gasteiger charge is 1.92. The van der Waals surface area contributed by atoms with Crippen LogP contribution in [0.25, 0.3) is 0 Å². The number of allylic oxidation sites excluding steroid dienone is 1. The molecule has 0 atom stereocenters. The summed E-state index contributed by atoms with van der Waals surface area (Å²) in [7, 11) is 0. The van der Waals surface area contributed by atoms with Gasteiger partial charge in [0.05, 0.1) is 5.03 Å². The van der Waals surface area contributed by atoms with E-state index in [2.05, 4.69) is 4.29 Å². The Balaban J connectivity index is 3.72. The predicted molar refractivity (Wildman–Crippen MR) is 31.3 cm³/mol. The van der Waals surface area contributed by atoms with Crippen LogP contribution >= 0.6 is 35.1 Å². The Morgan fingerprint density at radius 3 is 1.86 bits per heavy atom. The van der Waals surface area contributed by atoms with Crippen LogP contribution in [0.15, 0.2) is 10.3 Å². The molecule has 0 unspecified atom stereocenters. The Morgan fingerprint density at radius 2 is 1.86 bits per heavy atom. The third-order valence-corrected chi connectivity index (χ3v) is 1.20. The van der Waals surface area contributed by atoms with Gasteiger partial charge < -0.3 is 4.29 Å². The average molecular weight is 161 g/mol. The summed E-state index contributed by atoms with van der Waals surface area (Å²) in [4.78, 5) is 0. The van der Waals surface area contributed by atoms with Crippen molar-refractivity contribution in [2.75, 3.05) is 0 Å². The largest absolute Gasteiger partial charge is 0.372 e. The topological polar surface area (TPSA) is 9.23 Å². The molecule has 0 aliphatic heterocycles. The molecule has 0 radical (unpaired) electrons. The highest BCUT2D eigenvalue weighted by Crippen LogP contribution is 2.14. The standard InChI is InChI=1S/C3H3Cl3O/c1-2(4)3(5)7-6/h1H3. The van der Waals surface area contributed by atoms with E-state index >= 15 is 0 Å². The monoisotopic (exact) mass is 160 g/mol. The van der Waals surface area contributed by atoms with Crippen molar-refractivity contribution in [3.05, 3.63) is 10.3 Å². The molecule has 0 bridgehead atoms. The molecule has 0 aliphatic carbocycles. The van der Waals surface area contributed by atoms with E-state index in [1.54, 1.807) is 6.92 Å². The molecule has 0 aromatic heterocycles. The SMILES string of the molecule is CC(Cl)=C(Cl)OCl. The molecule has 0 heterocycles. The second-order valence-electron chi connectivity index (χ2n) is 0.884. The van der Waals surface area contributed by atoms with E-state index in [-0.39, 0.29) is 5.22 Å². The Hall–Kier alpha value is 0.410. The van der Waals surface area contributed by atoms with Crippen molar-refractivity contribution in [2.24, 2.45) is 0 Å². The maximum atomic E-state index is 5.27. The van der Waals surface area contributed by atoms with Gasteiger partial charge in [0.15, 0.2) is 0 Å². The molecule has 0 rings (SSSR count). The van der Waals surface area contributed by atoms with Crippen molar-refractivity contribution in [2.45, 2.75) is 6.92 Å². The van der Waals surface area contributed by atoms with E-state index in [0.29, 0.717) is 5.03 Å². The molecule has 1 nitrogen and oxygen atoms in total. The predicted octanol–water partition coefficient (Wildman–Crippen LogP) is 2.82. The summed E-state index contributed by atoms with van der Waals surface area (Å²) in [5.41, 5.74) is 0. The summed E-state index contributed by atoms with van der Waals surface area (Å²) in [6.07, 6.45) is 0. The van der Waals surface area contributed by atoms with Gasteiger partial charge in [0.1, 0.15) is 11.9 Å². The molecule has 0 spiro atoms. The van der Waals surface area contributed by atoms with Gasteiger partial charge in [-0.3, -0.25) is 0 Å². The van der Waals surface area contributed by atoms with E-state index in [0.717, 1.165) is 0 Å². The second-order valence-corrected chi connectivity index (χ2v) is 1.95. The summed E-state index contributed by atoms with van der Waals surface area (Å²) < 4.78 is 4.00. The highest BCUT2D eigenvalue weighted by molar-refractivity contribution is 6.39. The van der Waals surface area contributed by atoms with Crippen LogP contribution in [0.5, 0.6) is 0 Å². The quantitative estimate of drug-likeness (QED) is 0.537. The van der Waals surface area contributed by atoms with E-state index in [9.17, 15) is 0 Å². The molecule has 0 aliphatic rings. The fourth-order valence-electron chi connectivity index (χ4n) is 0.0532. The van der Waals surface area contributed by atoms with Gasteiger partial charge in [0.2, 0.25) is 5.22 Å². The normalized spacial score (nSPS) is 13.1. The van der Waals surface area contributed by atoms with Gasteiger partial charge in [-0.25, -0.2) is 0 Å². The lowest BCUT2D eigenvalue weighted by Crippen LogP contribution is -1.68. The van der Waals surface area contributed by atoms with Crippen LogP contribution in [-0.4, -0.2) is 0 Å². The molecule has 0 aromatic rings. The maximum Gasteiger partial charge on any atom is 0.226 e. The van der Waals surface area contributed by atoms with Crippen LogP contribution in [0.4, 0.5) is 0 Å². The third-order valence-electron chi connectivity index (χ3n) is 0.339. The van der Waals surface area contributed by atoms with Crippen LogP contribution in [-0.2, 0) is 4.29 Å². The Morgan fingerprint density at radius 1 is 1.43 bits per heavy atom. The Kier molecular flexibility index (Phi) is 3.62. The third kappa shape index (κ3) is 3.03. The Bertz CT molecular complexity index is 84.2. The molecule has 0 N–H and O–H groups in total. The van der Waals surface area contributed by atoms with Crippen molar-refractivity contribution in [3.8, 4) is 0 Å². The molecule has 7 heavy (non-hydrogen) atoms. The van der Waals surface area contributed by atoms with Crippen molar-refractivity contribution in [3.63, 3.8) is 0 Å². The van der Waals surface area contributed by atoms with Gasteiger partial charge >= 0.3 is 0 Å². The molecule has 0 amide bonds. The zero-order valence-electron chi connectivity index (χ0n) is 3.54. The summed E-state index contributed by atoms with van der Waals surface area (Å²) in [6, 6.07) is 0. The van der Waals surface area contributed by atoms with Crippen LogP contribution in [0, 0.1) is 0 Å². The maximum absolute atomic E-state index is 5.27. The van der Waals surface area contributed by atoms with Gasteiger partial charge in [0, 0.05) is 0 Å². The van der Waals surface area contributed by atoms with Crippen molar-refractivity contribution in [1.29, 1.82) is 0 Å². The zero-order chi connectivity index (χ0) is 5.86. The molecule has 0 saturated heterocycles. The highest BCUT2D eigenvalue weighted by atomic mass is 35.5. The van der Waals surface area contributed by atoms with Crippen LogP contribution in [0.1, 0.15) is 6.92 Å². The van der Waals surface area contributed by atoms with E-state index in [1.807, 2.05) is 0 Å². The number of hydrogen-bond acceptors (Lipinski definition) is 1. The minimum absolute atomic E-state index is 0.0170. The number of hydrogen-bond donors (Lipinski definition) is 0. The summed E-state index contributed by atoms with van der Waals surface area (Å²) >= 11 is 15.2. The van der Waals surface area contributed by atoms with Gasteiger partial charge in [-0.2, -0.15) is 0 Å². The van der Waals surface area contributed by atoms with Crippen LogP contribution in [0.3, 0.4) is 0 Å². The molecular weight excluding hydrogens is 158 g/mol. The average Bonchev–Trinajstić information content (AvgIpc) is 1.65. The van der Waals surface area contributed by atoms with Gasteiger partial charge in [-0.15, -0.1) is 0 Å². The lowest BCUT2D eigenvalue weighted by Gasteiger charge is -1.88. The molecule has 42 valence electrons. The first kappa shape index (κ1) is 7.41. The fourth-order valence-corrected chi connectivity index (χ4v) is 0.247. The Labute approximate surface area is 57.0 Å². The molecule has 4 heteroatoms. The lowest BCUT2D eigenvalue weighted by molar-refractivity contribution is 0.513. The van der Waals surface area contributed by atoms with Crippen LogP contribution in [0.2, 0.25) is 0 Å². The minimum atomic E-state index is 0.0170. The smallest absolute Gasteiger partial charge is 0.226 e. The number of rotatable bonds is 1. The summed E-state index contributed by atoms with van der Waals surface area (Å²) in [5, 5.41) is 0.361. The van der Waals surface area contributed by atoms with Gasteiger partial charge in [-0.05, 0) is 18.5 Å².